The molecule has 1 heterocycles. The highest BCUT2D eigenvalue weighted by molar-refractivity contribution is 6.06. The van der Waals surface area contributed by atoms with Crippen molar-refractivity contribution >= 4 is 17.6 Å². The highest BCUT2D eigenvalue weighted by atomic mass is 16.6. The number of nitrogens with zero attached hydrogens (tertiary/aromatic N) is 3. The third-order valence-electron chi connectivity index (χ3n) is 4.59. The minimum absolute atomic E-state index is 0.0731. The number of fused-ring (bicyclic) bond motifs is 1. The van der Waals surface area contributed by atoms with Crippen molar-refractivity contribution in [2.45, 2.75) is 25.7 Å². The third-order valence-corrected chi connectivity index (χ3v) is 4.59. The molecule has 1 N–H and O–H groups in total. The Hall–Kier alpha value is -3.55. The highest BCUT2D eigenvalue weighted by Crippen LogP contribution is 2.28. The molecule has 1 aromatic heterocycles. The van der Waals surface area contributed by atoms with Crippen LogP contribution in [0.25, 0.3) is 11.5 Å². The fourth-order valence-corrected chi connectivity index (χ4v) is 3.25. The SMILES string of the molecule is O=C(Nc1nnc(-c2ccc3c(c2)CCCC3)o1)c1ccccc1[N+](=O)[O-]. The molecule has 27 heavy (non-hydrogen) atoms. The first kappa shape index (κ1) is 16.9. The number of aromatic nitrogens is 2. The van der Waals surface area contributed by atoms with E-state index in [9.17, 15) is 14.9 Å². The van der Waals surface area contributed by atoms with Crippen LogP contribution in [0.3, 0.4) is 0 Å². The van der Waals surface area contributed by atoms with Crippen molar-refractivity contribution in [1.29, 1.82) is 0 Å². The number of rotatable bonds is 4. The monoisotopic (exact) mass is 364 g/mol. The van der Waals surface area contributed by atoms with Gasteiger partial charge in [0, 0.05) is 11.6 Å². The number of hydrogen-bond acceptors (Lipinski definition) is 6. The van der Waals surface area contributed by atoms with E-state index in [0.29, 0.717) is 5.89 Å². The van der Waals surface area contributed by atoms with Crippen molar-refractivity contribution < 1.29 is 14.1 Å². The summed E-state index contributed by atoms with van der Waals surface area (Å²) in [4.78, 5) is 22.8. The summed E-state index contributed by atoms with van der Waals surface area (Å²) in [5, 5.41) is 21.3. The van der Waals surface area contributed by atoms with E-state index in [0.717, 1.165) is 24.8 Å². The molecule has 3 aromatic rings. The van der Waals surface area contributed by atoms with E-state index in [-0.39, 0.29) is 17.3 Å². The van der Waals surface area contributed by atoms with Gasteiger partial charge in [-0.25, -0.2) is 0 Å². The maximum atomic E-state index is 12.3. The second kappa shape index (κ2) is 6.99. The van der Waals surface area contributed by atoms with Gasteiger partial charge >= 0.3 is 6.01 Å². The number of aryl methyl sites for hydroxylation is 2. The van der Waals surface area contributed by atoms with Crippen LogP contribution in [0.5, 0.6) is 0 Å². The van der Waals surface area contributed by atoms with Gasteiger partial charge in [0.2, 0.25) is 5.89 Å². The van der Waals surface area contributed by atoms with Crippen LogP contribution in [0.2, 0.25) is 0 Å². The summed E-state index contributed by atoms with van der Waals surface area (Å²) in [6.07, 6.45) is 4.47. The lowest BCUT2D eigenvalue weighted by Crippen LogP contribution is -2.14. The Labute approximate surface area is 154 Å². The number of benzene rings is 2. The molecule has 1 amide bonds. The zero-order chi connectivity index (χ0) is 18.8. The van der Waals surface area contributed by atoms with Gasteiger partial charge in [-0.1, -0.05) is 23.3 Å². The van der Waals surface area contributed by atoms with Gasteiger partial charge in [-0.05, 0) is 55.0 Å². The molecule has 0 radical (unpaired) electrons. The smallest absolute Gasteiger partial charge is 0.322 e. The van der Waals surface area contributed by atoms with Crippen molar-refractivity contribution in [3.8, 4) is 11.5 Å². The van der Waals surface area contributed by atoms with Gasteiger partial charge in [0.1, 0.15) is 5.56 Å². The fourth-order valence-electron chi connectivity index (χ4n) is 3.25. The summed E-state index contributed by atoms with van der Waals surface area (Å²) in [6.45, 7) is 0. The molecule has 0 unspecified atom stereocenters. The zero-order valence-electron chi connectivity index (χ0n) is 14.3. The second-order valence-electron chi connectivity index (χ2n) is 6.33. The summed E-state index contributed by atoms with van der Waals surface area (Å²) in [5.74, 6) is -0.385. The lowest BCUT2D eigenvalue weighted by molar-refractivity contribution is -0.385. The predicted octanol–water partition coefficient (Wildman–Crippen LogP) is 3.78. The normalized spacial score (nSPS) is 13.0. The summed E-state index contributed by atoms with van der Waals surface area (Å²) in [6, 6.07) is 11.6. The Morgan fingerprint density at radius 1 is 1.07 bits per heavy atom. The summed E-state index contributed by atoms with van der Waals surface area (Å²) < 4.78 is 5.53. The third kappa shape index (κ3) is 3.41. The van der Waals surface area contributed by atoms with E-state index >= 15 is 0 Å². The Bertz CT molecular complexity index is 1030. The van der Waals surface area contributed by atoms with Crippen molar-refractivity contribution in [3.05, 3.63) is 69.3 Å². The minimum Gasteiger partial charge on any atom is -0.403 e. The number of anilines is 1. The largest absolute Gasteiger partial charge is 0.403 e. The number of carbonyl (C=O) groups is 1. The molecule has 1 aliphatic rings. The van der Waals surface area contributed by atoms with Gasteiger partial charge in [-0.3, -0.25) is 20.2 Å². The average molecular weight is 364 g/mol. The van der Waals surface area contributed by atoms with Crippen molar-refractivity contribution in [1.82, 2.24) is 10.2 Å². The molecule has 0 spiro atoms. The Morgan fingerprint density at radius 3 is 2.67 bits per heavy atom. The second-order valence-corrected chi connectivity index (χ2v) is 6.33. The zero-order valence-corrected chi connectivity index (χ0v) is 14.3. The van der Waals surface area contributed by atoms with Gasteiger partial charge in [0.15, 0.2) is 0 Å². The van der Waals surface area contributed by atoms with Gasteiger partial charge < -0.3 is 4.42 Å². The van der Waals surface area contributed by atoms with E-state index in [1.165, 1.54) is 35.7 Å². The fraction of sp³-hybridized carbons (Fsp3) is 0.211. The summed E-state index contributed by atoms with van der Waals surface area (Å²) >= 11 is 0. The molecule has 0 aliphatic heterocycles. The Kier molecular flexibility index (Phi) is 4.37. The summed E-state index contributed by atoms with van der Waals surface area (Å²) in [7, 11) is 0. The molecule has 2 aromatic carbocycles. The van der Waals surface area contributed by atoms with Crippen LogP contribution >= 0.6 is 0 Å². The molecular formula is C19H16N4O4. The van der Waals surface area contributed by atoms with Crippen LogP contribution in [0.1, 0.15) is 34.3 Å². The van der Waals surface area contributed by atoms with Crippen LogP contribution < -0.4 is 5.32 Å². The first-order valence-corrected chi connectivity index (χ1v) is 8.62. The predicted molar refractivity (Wildman–Crippen MR) is 97.4 cm³/mol. The first-order chi connectivity index (χ1) is 13.1. The molecule has 0 atom stereocenters. The van der Waals surface area contributed by atoms with Gasteiger partial charge in [0.25, 0.3) is 11.6 Å². The van der Waals surface area contributed by atoms with Gasteiger partial charge in [-0.15, -0.1) is 5.10 Å². The number of carbonyl (C=O) groups excluding carboxylic acids is 1. The van der Waals surface area contributed by atoms with E-state index in [4.69, 9.17) is 4.42 Å². The highest BCUT2D eigenvalue weighted by Gasteiger charge is 2.21. The molecule has 8 nitrogen and oxygen atoms in total. The van der Waals surface area contributed by atoms with Crippen LogP contribution in [0.4, 0.5) is 11.7 Å². The van der Waals surface area contributed by atoms with Crippen LogP contribution in [0.15, 0.2) is 46.9 Å². The lowest BCUT2D eigenvalue weighted by atomic mass is 9.90. The Balaban J connectivity index is 1.55. The van der Waals surface area contributed by atoms with Crippen LogP contribution in [0, 0.1) is 10.1 Å². The molecule has 0 fully saturated rings. The molecule has 0 bridgehead atoms. The van der Waals surface area contributed by atoms with E-state index in [1.807, 2.05) is 12.1 Å². The molecular weight excluding hydrogens is 348 g/mol. The quantitative estimate of drug-likeness (QED) is 0.557. The Morgan fingerprint density at radius 2 is 1.85 bits per heavy atom. The average Bonchev–Trinajstić information content (AvgIpc) is 3.16. The van der Waals surface area contributed by atoms with Crippen LogP contribution in [-0.2, 0) is 12.8 Å². The van der Waals surface area contributed by atoms with E-state index < -0.39 is 10.8 Å². The number of nitro benzene ring substituents is 1. The maximum Gasteiger partial charge on any atom is 0.322 e. The van der Waals surface area contributed by atoms with Crippen molar-refractivity contribution in [3.63, 3.8) is 0 Å². The van der Waals surface area contributed by atoms with E-state index in [1.54, 1.807) is 6.07 Å². The lowest BCUT2D eigenvalue weighted by Gasteiger charge is -2.15. The number of nitro groups is 1. The minimum atomic E-state index is -0.678. The van der Waals surface area contributed by atoms with Gasteiger partial charge in [0.05, 0.1) is 4.92 Å². The summed E-state index contributed by atoms with van der Waals surface area (Å²) in [5.41, 5.74) is 3.05. The maximum absolute atomic E-state index is 12.3. The molecule has 0 saturated carbocycles. The molecule has 0 saturated heterocycles. The van der Waals surface area contributed by atoms with Crippen molar-refractivity contribution in [2.24, 2.45) is 0 Å². The van der Waals surface area contributed by atoms with Gasteiger partial charge in [-0.2, -0.15) is 0 Å². The molecule has 8 heteroatoms. The number of para-hydroxylation sites is 1. The number of nitrogens with one attached hydrogen (secondary N) is 1. The first-order valence-electron chi connectivity index (χ1n) is 8.62. The number of hydrogen-bond donors (Lipinski definition) is 1. The van der Waals surface area contributed by atoms with Crippen LogP contribution in [-0.4, -0.2) is 21.0 Å². The number of amides is 1. The molecule has 136 valence electrons. The standard InChI is InChI=1S/C19H16N4O4/c24-17(15-7-3-4-8-16(15)23(25)26)20-19-22-21-18(27-19)14-10-9-12-5-1-2-6-13(12)11-14/h3-4,7-11H,1-2,5-6H2,(H,20,22,24). The molecule has 1 aliphatic carbocycles. The van der Waals surface area contributed by atoms with Crippen molar-refractivity contribution in [2.75, 3.05) is 5.32 Å². The topological polar surface area (TPSA) is 111 Å². The van der Waals surface area contributed by atoms with E-state index in [2.05, 4.69) is 21.6 Å². The molecule has 4 rings (SSSR count).